The Morgan fingerprint density at radius 3 is 2.32 bits per heavy atom. The molecular formula is C28H23Cl2N3O5. The summed E-state index contributed by atoms with van der Waals surface area (Å²) in [5.41, 5.74) is 2.31. The molecule has 0 atom stereocenters. The van der Waals surface area contributed by atoms with Crippen molar-refractivity contribution in [1.82, 2.24) is 0 Å². The van der Waals surface area contributed by atoms with Gasteiger partial charge in [-0.25, -0.2) is 9.69 Å². The van der Waals surface area contributed by atoms with Gasteiger partial charge in [0.15, 0.2) is 0 Å². The number of carbonyl (C=O) groups is 4. The molecule has 0 spiro atoms. The van der Waals surface area contributed by atoms with Gasteiger partial charge in [0, 0.05) is 22.0 Å². The van der Waals surface area contributed by atoms with E-state index in [9.17, 15) is 19.2 Å². The Morgan fingerprint density at radius 2 is 1.61 bits per heavy atom. The van der Waals surface area contributed by atoms with Gasteiger partial charge in [-0.05, 0) is 73.5 Å². The zero-order valence-electron chi connectivity index (χ0n) is 20.5. The first-order chi connectivity index (χ1) is 18.2. The summed E-state index contributed by atoms with van der Waals surface area (Å²) in [5, 5.41) is 5.76. The molecule has 194 valence electrons. The topological polar surface area (TPSA) is 105 Å². The van der Waals surface area contributed by atoms with E-state index >= 15 is 0 Å². The van der Waals surface area contributed by atoms with Gasteiger partial charge in [0.05, 0.1) is 17.9 Å². The van der Waals surface area contributed by atoms with E-state index in [1.54, 1.807) is 67.6 Å². The van der Waals surface area contributed by atoms with Crippen molar-refractivity contribution in [3.05, 3.63) is 99.2 Å². The van der Waals surface area contributed by atoms with Crippen LogP contribution in [0.25, 0.3) is 0 Å². The summed E-state index contributed by atoms with van der Waals surface area (Å²) in [7, 11) is 0. The SMILES string of the molecule is CCCOC(=O)c1ccc(NC(=O)c2cccc(NC3=C(Cl)C(=O)N(c4cccc(Cl)c4C)C3=O)c2)cc1. The Labute approximate surface area is 229 Å². The van der Waals surface area contributed by atoms with Crippen LogP contribution in [0.4, 0.5) is 17.1 Å². The van der Waals surface area contributed by atoms with E-state index < -0.39 is 23.7 Å². The molecule has 0 unspecified atom stereocenters. The molecule has 10 heteroatoms. The van der Waals surface area contributed by atoms with Crippen molar-refractivity contribution in [2.75, 3.05) is 22.1 Å². The van der Waals surface area contributed by atoms with Gasteiger partial charge in [0.25, 0.3) is 17.7 Å². The summed E-state index contributed by atoms with van der Waals surface area (Å²) in [6, 6.07) is 17.6. The molecule has 0 saturated carbocycles. The second-order valence-electron chi connectivity index (χ2n) is 8.39. The first-order valence-electron chi connectivity index (χ1n) is 11.7. The Bertz CT molecular complexity index is 1470. The minimum atomic E-state index is -0.680. The summed E-state index contributed by atoms with van der Waals surface area (Å²) in [6.07, 6.45) is 0.724. The smallest absolute Gasteiger partial charge is 0.338 e. The van der Waals surface area contributed by atoms with Gasteiger partial charge >= 0.3 is 5.97 Å². The number of nitrogens with zero attached hydrogens (tertiary/aromatic N) is 1. The second kappa shape index (κ2) is 11.5. The van der Waals surface area contributed by atoms with Crippen molar-refractivity contribution >= 4 is 64.0 Å². The molecule has 0 bridgehead atoms. The average molecular weight is 552 g/mol. The zero-order valence-corrected chi connectivity index (χ0v) is 22.0. The number of carbonyl (C=O) groups excluding carboxylic acids is 4. The molecule has 0 fully saturated rings. The highest BCUT2D eigenvalue weighted by Gasteiger charge is 2.39. The van der Waals surface area contributed by atoms with Gasteiger partial charge in [-0.15, -0.1) is 0 Å². The van der Waals surface area contributed by atoms with Crippen LogP contribution in [0.2, 0.25) is 5.02 Å². The molecule has 2 N–H and O–H groups in total. The predicted molar refractivity (Wildman–Crippen MR) is 147 cm³/mol. The third kappa shape index (κ3) is 5.56. The van der Waals surface area contributed by atoms with Gasteiger partial charge in [-0.2, -0.15) is 0 Å². The lowest BCUT2D eigenvalue weighted by atomic mass is 10.1. The van der Waals surface area contributed by atoms with E-state index in [2.05, 4.69) is 10.6 Å². The largest absolute Gasteiger partial charge is 0.462 e. The minimum Gasteiger partial charge on any atom is -0.462 e. The molecule has 0 aromatic heterocycles. The lowest BCUT2D eigenvalue weighted by Gasteiger charge is -2.18. The average Bonchev–Trinajstić information content (AvgIpc) is 3.12. The van der Waals surface area contributed by atoms with Crippen LogP contribution >= 0.6 is 23.2 Å². The van der Waals surface area contributed by atoms with E-state index in [-0.39, 0.29) is 16.3 Å². The lowest BCUT2D eigenvalue weighted by Crippen LogP contribution is -2.32. The number of ether oxygens (including phenoxy) is 1. The normalized spacial score (nSPS) is 13.1. The zero-order chi connectivity index (χ0) is 27.4. The maximum absolute atomic E-state index is 13.1. The molecule has 8 nitrogen and oxygen atoms in total. The van der Waals surface area contributed by atoms with Crippen molar-refractivity contribution in [2.24, 2.45) is 0 Å². The van der Waals surface area contributed by atoms with Crippen molar-refractivity contribution in [2.45, 2.75) is 20.3 Å². The number of halogens is 2. The second-order valence-corrected chi connectivity index (χ2v) is 9.18. The van der Waals surface area contributed by atoms with Gasteiger partial charge in [0.2, 0.25) is 0 Å². The highest BCUT2D eigenvalue weighted by molar-refractivity contribution is 6.53. The van der Waals surface area contributed by atoms with Gasteiger partial charge in [-0.1, -0.05) is 42.3 Å². The van der Waals surface area contributed by atoms with Crippen molar-refractivity contribution in [3.63, 3.8) is 0 Å². The molecule has 3 aromatic carbocycles. The first kappa shape index (κ1) is 26.9. The molecule has 4 rings (SSSR count). The fourth-order valence-corrected chi connectivity index (χ4v) is 4.10. The number of hydrogen-bond donors (Lipinski definition) is 2. The summed E-state index contributed by atoms with van der Waals surface area (Å²) in [4.78, 5) is 51.7. The third-order valence-corrected chi connectivity index (χ3v) is 6.48. The number of esters is 1. The monoisotopic (exact) mass is 551 g/mol. The Balaban J connectivity index is 1.47. The van der Waals surface area contributed by atoms with Crippen LogP contribution in [0.1, 0.15) is 39.6 Å². The fraction of sp³-hybridized carbons (Fsp3) is 0.143. The Morgan fingerprint density at radius 1 is 0.895 bits per heavy atom. The Hall–Kier alpha value is -4.14. The molecule has 1 heterocycles. The molecular weight excluding hydrogens is 529 g/mol. The lowest BCUT2D eigenvalue weighted by molar-refractivity contribution is -0.120. The highest BCUT2D eigenvalue weighted by Crippen LogP contribution is 2.34. The summed E-state index contributed by atoms with van der Waals surface area (Å²) in [6.45, 7) is 3.94. The first-order valence-corrected chi connectivity index (χ1v) is 12.5. The van der Waals surface area contributed by atoms with Crippen LogP contribution in [-0.4, -0.2) is 30.3 Å². The predicted octanol–water partition coefficient (Wildman–Crippen LogP) is 5.90. The van der Waals surface area contributed by atoms with Crippen molar-refractivity contribution in [1.29, 1.82) is 0 Å². The number of amides is 3. The molecule has 38 heavy (non-hydrogen) atoms. The maximum Gasteiger partial charge on any atom is 0.338 e. The van der Waals surface area contributed by atoms with Crippen molar-refractivity contribution in [3.8, 4) is 0 Å². The van der Waals surface area contributed by atoms with Gasteiger partial charge in [0.1, 0.15) is 10.7 Å². The Kier molecular flexibility index (Phi) is 8.14. The van der Waals surface area contributed by atoms with Crippen LogP contribution in [-0.2, 0) is 14.3 Å². The van der Waals surface area contributed by atoms with Crippen LogP contribution < -0.4 is 15.5 Å². The molecule has 1 aliphatic heterocycles. The minimum absolute atomic E-state index is 0.112. The summed E-state index contributed by atoms with van der Waals surface area (Å²) in [5.74, 6) is -2.17. The third-order valence-electron chi connectivity index (χ3n) is 5.72. The number of anilines is 3. The molecule has 0 saturated heterocycles. The molecule has 0 radical (unpaired) electrons. The molecule has 3 aromatic rings. The molecule has 0 aliphatic carbocycles. The summed E-state index contributed by atoms with van der Waals surface area (Å²) >= 11 is 12.4. The van der Waals surface area contributed by atoms with E-state index in [1.165, 1.54) is 6.07 Å². The van der Waals surface area contributed by atoms with E-state index in [1.807, 2.05) is 6.92 Å². The van der Waals surface area contributed by atoms with Crippen molar-refractivity contribution < 1.29 is 23.9 Å². The van der Waals surface area contributed by atoms with Gasteiger partial charge in [-0.3, -0.25) is 14.4 Å². The van der Waals surface area contributed by atoms with Crippen LogP contribution in [0.5, 0.6) is 0 Å². The van der Waals surface area contributed by atoms with Crippen LogP contribution in [0, 0.1) is 6.92 Å². The van der Waals surface area contributed by atoms with Gasteiger partial charge < -0.3 is 15.4 Å². The van der Waals surface area contributed by atoms with E-state index in [0.717, 1.165) is 11.3 Å². The fourth-order valence-electron chi connectivity index (χ4n) is 3.72. The van der Waals surface area contributed by atoms with Crippen LogP contribution in [0.3, 0.4) is 0 Å². The number of nitrogens with one attached hydrogen (secondary N) is 2. The standard InChI is InChI=1S/C28H23Cl2N3O5/c1-3-14-38-28(37)17-10-12-19(13-11-17)32-25(34)18-6-4-7-20(15-18)31-24-23(30)26(35)33(27(24)36)22-9-5-8-21(29)16(22)2/h4-13,15,31H,3,14H2,1-2H3,(H,32,34). The highest BCUT2D eigenvalue weighted by atomic mass is 35.5. The van der Waals surface area contributed by atoms with Crippen LogP contribution in [0.15, 0.2) is 77.5 Å². The van der Waals surface area contributed by atoms with E-state index in [0.29, 0.717) is 39.8 Å². The van der Waals surface area contributed by atoms with E-state index in [4.69, 9.17) is 27.9 Å². The molecule has 3 amide bonds. The number of imide groups is 1. The number of benzene rings is 3. The molecule has 1 aliphatic rings. The number of hydrogen-bond acceptors (Lipinski definition) is 6. The maximum atomic E-state index is 13.1. The number of rotatable bonds is 8. The quantitative estimate of drug-likeness (QED) is 0.266. The summed E-state index contributed by atoms with van der Waals surface area (Å²) < 4.78 is 5.10.